The molecule has 0 amide bonds. The molecule has 1 N–H and O–H groups in total. The first-order valence-corrected chi connectivity index (χ1v) is 6.38. The lowest BCUT2D eigenvalue weighted by Crippen LogP contribution is -2.11. The quantitative estimate of drug-likeness (QED) is 0.837. The highest BCUT2D eigenvalue weighted by Gasteiger charge is 2.29. The maximum Gasteiger partial charge on any atom is 0.337 e. The fourth-order valence-corrected chi connectivity index (χ4v) is 2.43. The maximum absolute atomic E-state index is 13.4. The molecule has 0 heterocycles. The van der Waals surface area contributed by atoms with Gasteiger partial charge in [-0.3, -0.25) is 0 Å². The third-order valence-corrected chi connectivity index (χ3v) is 3.92. The van der Waals surface area contributed by atoms with Crippen LogP contribution in [0.15, 0.2) is 18.2 Å². The highest BCUT2D eigenvalue weighted by Crippen LogP contribution is 2.28. The molecule has 1 aliphatic rings. The average molecular weight is 257 g/mol. The van der Waals surface area contributed by atoms with Crippen molar-refractivity contribution in [3.05, 3.63) is 29.6 Å². The van der Waals surface area contributed by atoms with Crippen LogP contribution in [0.3, 0.4) is 0 Å². The minimum absolute atomic E-state index is 0.0677. The Morgan fingerprint density at radius 3 is 2.82 bits per heavy atom. The molecule has 92 valence electrons. The van der Waals surface area contributed by atoms with Gasteiger partial charge in [0.2, 0.25) is 0 Å². The van der Waals surface area contributed by atoms with Crippen LogP contribution in [0.1, 0.15) is 23.2 Å². The van der Waals surface area contributed by atoms with Gasteiger partial charge in [-0.25, -0.2) is 13.4 Å². The summed E-state index contributed by atoms with van der Waals surface area (Å²) < 4.78 is 32.1. The van der Waals surface area contributed by atoms with Crippen LogP contribution in [0.25, 0.3) is 0 Å². The Hall–Kier alpha value is -1.43. The van der Waals surface area contributed by atoms with E-state index in [0.717, 1.165) is 18.9 Å². The Kier molecular flexibility index (Phi) is 3.42. The van der Waals surface area contributed by atoms with E-state index in [-0.39, 0.29) is 16.5 Å². The van der Waals surface area contributed by atoms with Gasteiger partial charge < -0.3 is 9.46 Å². The molecule has 0 aromatic heterocycles. The lowest BCUT2D eigenvalue weighted by atomic mass is 10.2. The molecule has 0 spiro atoms. The second-order valence-electron chi connectivity index (χ2n) is 3.79. The van der Waals surface area contributed by atoms with Crippen LogP contribution in [0.5, 0.6) is 0 Å². The minimum atomic E-state index is -1.29. The van der Waals surface area contributed by atoms with Crippen LogP contribution in [0.4, 0.5) is 10.1 Å². The van der Waals surface area contributed by atoms with E-state index in [0.29, 0.717) is 0 Å². The van der Waals surface area contributed by atoms with E-state index in [9.17, 15) is 13.4 Å². The van der Waals surface area contributed by atoms with Gasteiger partial charge in [-0.2, -0.15) is 0 Å². The zero-order valence-corrected chi connectivity index (χ0v) is 10.1. The fraction of sp³-hybridized carbons (Fsp3) is 0.364. The summed E-state index contributed by atoms with van der Waals surface area (Å²) in [6.45, 7) is 0. The van der Waals surface area contributed by atoms with Crippen LogP contribution >= 0.6 is 0 Å². The predicted molar refractivity (Wildman–Crippen MR) is 62.5 cm³/mol. The van der Waals surface area contributed by atoms with Crippen molar-refractivity contribution in [2.75, 3.05) is 11.8 Å². The van der Waals surface area contributed by atoms with Crippen molar-refractivity contribution in [3.8, 4) is 0 Å². The summed E-state index contributed by atoms with van der Waals surface area (Å²) in [5, 5.41) is 0.0937. The molecule has 0 aliphatic heterocycles. The van der Waals surface area contributed by atoms with Gasteiger partial charge in [0.25, 0.3) is 0 Å². The van der Waals surface area contributed by atoms with Crippen molar-refractivity contribution < 1.29 is 18.1 Å². The Labute approximate surface area is 101 Å². The van der Waals surface area contributed by atoms with Gasteiger partial charge in [0.15, 0.2) is 0 Å². The Morgan fingerprint density at radius 2 is 2.24 bits per heavy atom. The molecule has 0 bridgehead atoms. The van der Waals surface area contributed by atoms with E-state index in [2.05, 4.69) is 9.46 Å². The van der Waals surface area contributed by atoms with Crippen molar-refractivity contribution in [2.45, 2.75) is 18.1 Å². The number of hydrogen-bond donors (Lipinski definition) is 1. The number of carbonyl (C=O) groups excluding carboxylic acids is 1. The second kappa shape index (κ2) is 4.83. The first-order valence-electron chi connectivity index (χ1n) is 5.17. The first kappa shape index (κ1) is 12.0. The summed E-state index contributed by atoms with van der Waals surface area (Å²) in [6, 6.07) is 3.78. The lowest BCUT2D eigenvalue weighted by Gasteiger charge is -2.07. The van der Waals surface area contributed by atoms with E-state index in [4.69, 9.17) is 0 Å². The van der Waals surface area contributed by atoms with Gasteiger partial charge in [0, 0.05) is 0 Å². The Balaban J connectivity index is 2.19. The third kappa shape index (κ3) is 2.82. The largest absolute Gasteiger partial charge is 0.465 e. The van der Waals surface area contributed by atoms with E-state index in [1.54, 1.807) is 0 Å². The average Bonchev–Trinajstić information content (AvgIpc) is 3.14. The molecule has 4 nitrogen and oxygen atoms in total. The van der Waals surface area contributed by atoms with Gasteiger partial charge >= 0.3 is 5.97 Å². The molecule has 1 aliphatic carbocycles. The normalized spacial score (nSPS) is 16.4. The smallest absolute Gasteiger partial charge is 0.337 e. The first-order chi connectivity index (χ1) is 8.11. The number of halogens is 1. The second-order valence-corrected chi connectivity index (χ2v) is 5.25. The van der Waals surface area contributed by atoms with Gasteiger partial charge in [-0.1, -0.05) is 0 Å². The molecule has 0 radical (unpaired) electrons. The number of benzene rings is 1. The lowest BCUT2D eigenvalue weighted by molar-refractivity contribution is 0.0600. The molecule has 1 aromatic carbocycles. The van der Waals surface area contributed by atoms with Gasteiger partial charge in [-0.15, -0.1) is 0 Å². The number of carbonyl (C=O) groups is 1. The van der Waals surface area contributed by atoms with Crippen molar-refractivity contribution in [3.63, 3.8) is 0 Å². The van der Waals surface area contributed by atoms with E-state index in [1.807, 2.05) is 0 Å². The fourth-order valence-electron chi connectivity index (χ4n) is 1.32. The molecule has 1 aromatic rings. The van der Waals surface area contributed by atoms with E-state index >= 15 is 0 Å². The summed E-state index contributed by atoms with van der Waals surface area (Å²) in [7, 11) is -0.0363. The number of esters is 1. The van der Waals surface area contributed by atoms with Crippen LogP contribution in [0.2, 0.25) is 0 Å². The standard InChI is InChI=1S/C11H12FNO3S/c1-16-11(14)7-2-5-9(12)10(6-7)13-17(15)8-3-4-8/h2,5-6,8,13H,3-4H2,1H3. The molecule has 1 atom stereocenters. The summed E-state index contributed by atoms with van der Waals surface area (Å²) in [6.07, 6.45) is 1.77. The van der Waals surface area contributed by atoms with Crippen LogP contribution < -0.4 is 4.72 Å². The van der Waals surface area contributed by atoms with Crippen molar-refractivity contribution >= 4 is 22.6 Å². The topological polar surface area (TPSA) is 55.4 Å². The number of nitrogens with one attached hydrogen (secondary N) is 1. The number of rotatable bonds is 4. The number of hydrogen-bond acceptors (Lipinski definition) is 3. The van der Waals surface area contributed by atoms with E-state index < -0.39 is 22.8 Å². The molecular formula is C11H12FNO3S. The Bertz CT molecular complexity index is 474. The molecule has 1 saturated carbocycles. The van der Waals surface area contributed by atoms with Gasteiger partial charge in [-0.05, 0) is 31.0 Å². The third-order valence-electron chi connectivity index (χ3n) is 2.43. The molecule has 2 rings (SSSR count). The molecule has 1 unspecified atom stereocenters. The maximum atomic E-state index is 13.4. The van der Waals surface area contributed by atoms with Gasteiger partial charge in [0.05, 0.1) is 23.6 Å². The number of ether oxygens (including phenoxy) is 1. The summed E-state index contributed by atoms with van der Waals surface area (Å²) in [5.41, 5.74) is 0.294. The summed E-state index contributed by atoms with van der Waals surface area (Å²) >= 11 is 0. The predicted octanol–water partition coefficient (Wildman–Crippen LogP) is 1.85. The zero-order chi connectivity index (χ0) is 12.4. The molecule has 1 fully saturated rings. The minimum Gasteiger partial charge on any atom is -0.465 e. The number of methoxy groups -OCH3 is 1. The summed E-state index contributed by atoms with van der Waals surface area (Å²) in [4.78, 5) is 11.3. The van der Waals surface area contributed by atoms with Crippen molar-refractivity contribution in [2.24, 2.45) is 0 Å². The monoisotopic (exact) mass is 257 g/mol. The van der Waals surface area contributed by atoms with Crippen LogP contribution in [0, 0.1) is 5.82 Å². The molecule has 6 heteroatoms. The highest BCUT2D eigenvalue weighted by atomic mass is 32.2. The van der Waals surface area contributed by atoms with Gasteiger partial charge in [0.1, 0.15) is 16.8 Å². The van der Waals surface area contributed by atoms with Crippen molar-refractivity contribution in [1.82, 2.24) is 0 Å². The molecule has 17 heavy (non-hydrogen) atoms. The van der Waals surface area contributed by atoms with Crippen LogP contribution in [-0.2, 0) is 15.7 Å². The molecule has 0 saturated heterocycles. The zero-order valence-electron chi connectivity index (χ0n) is 9.23. The number of anilines is 1. The highest BCUT2D eigenvalue weighted by molar-refractivity contribution is 7.87. The SMILES string of the molecule is COC(=O)c1ccc(F)c(NS(=O)C2CC2)c1. The van der Waals surface area contributed by atoms with E-state index in [1.165, 1.54) is 19.2 Å². The molecular weight excluding hydrogens is 245 g/mol. The van der Waals surface area contributed by atoms with Crippen LogP contribution in [-0.4, -0.2) is 22.5 Å². The summed E-state index contributed by atoms with van der Waals surface area (Å²) in [5.74, 6) is -1.09. The van der Waals surface area contributed by atoms with Crippen molar-refractivity contribution in [1.29, 1.82) is 0 Å². The Morgan fingerprint density at radius 1 is 1.53 bits per heavy atom.